The van der Waals surface area contributed by atoms with Gasteiger partial charge in [-0.15, -0.1) is 0 Å². The fourth-order valence-corrected chi connectivity index (χ4v) is 4.52. The number of nitrogens with one attached hydrogen (secondary N) is 2. The molecule has 1 saturated heterocycles. The van der Waals surface area contributed by atoms with Gasteiger partial charge in [0.15, 0.2) is 0 Å². The van der Waals surface area contributed by atoms with Crippen molar-refractivity contribution in [1.29, 1.82) is 0 Å². The Morgan fingerprint density at radius 2 is 1.94 bits per heavy atom. The molecule has 0 atom stereocenters. The molecule has 0 aliphatic carbocycles. The smallest absolute Gasteiger partial charge is 0.410 e. The topological polar surface area (TPSA) is 87.3 Å². The van der Waals surface area contributed by atoms with Gasteiger partial charge in [0.05, 0.1) is 5.39 Å². The molecule has 33 heavy (non-hydrogen) atoms. The second-order valence-corrected chi connectivity index (χ2v) is 9.89. The van der Waals surface area contributed by atoms with Gasteiger partial charge < -0.3 is 19.9 Å². The lowest BCUT2D eigenvalue weighted by Gasteiger charge is -2.34. The molecule has 8 heteroatoms. The van der Waals surface area contributed by atoms with E-state index in [1.165, 1.54) is 5.56 Å². The number of H-pyrrole nitrogens is 1. The van der Waals surface area contributed by atoms with Crippen LogP contribution in [0.2, 0.25) is 5.15 Å². The summed E-state index contributed by atoms with van der Waals surface area (Å²) in [5.41, 5.74) is 2.55. The molecule has 3 heterocycles. The number of amides is 1. The second kappa shape index (κ2) is 9.06. The van der Waals surface area contributed by atoms with Crippen LogP contribution in [0.5, 0.6) is 0 Å². The van der Waals surface area contributed by atoms with Gasteiger partial charge in [0.1, 0.15) is 16.6 Å². The van der Waals surface area contributed by atoms with Gasteiger partial charge >= 0.3 is 6.09 Å². The maximum absolute atomic E-state index is 12.4. The van der Waals surface area contributed by atoms with Crippen molar-refractivity contribution in [2.24, 2.45) is 0 Å². The minimum Gasteiger partial charge on any atom is -0.444 e. The first kappa shape index (κ1) is 23.1. The van der Waals surface area contributed by atoms with E-state index in [1.807, 2.05) is 26.8 Å². The molecule has 0 spiro atoms. The Labute approximate surface area is 198 Å². The quantitative estimate of drug-likeness (QED) is 0.478. The van der Waals surface area contributed by atoms with Crippen LogP contribution in [0.25, 0.3) is 10.8 Å². The molecule has 7 nitrogen and oxygen atoms in total. The van der Waals surface area contributed by atoms with Crippen LogP contribution >= 0.6 is 11.6 Å². The molecule has 1 aliphatic heterocycles. The monoisotopic (exact) mass is 468 g/mol. The van der Waals surface area contributed by atoms with Crippen molar-refractivity contribution >= 4 is 40.0 Å². The number of ether oxygens (including phenoxy) is 1. The van der Waals surface area contributed by atoms with E-state index in [2.05, 4.69) is 34.3 Å². The van der Waals surface area contributed by atoms with E-state index < -0.39 is 5.60 Å². The lowest BCUT2D eigenvalue weighted by atomic mass is 9.87. The fraction of sp³-hybridized carbons (Fsp3) is 0.400. The van der Waals surface area contributed by atoms with Crippen LogP contribution in [0.1, 0.15) is 50.7 Å². The van der Waals surface area contributed by atoms with E-state index in [1.54, 1.807) is 23.2 Å². The summed E-state index contributed by atoms with van der Waals surface area (Å²) in [7, 11) is 0. The van der Waals surface area contributed by atoms with Crippen molar-refractivity contribution in [2.75, 3.05) is 18.4 Å². The summed E-state index contributed by atoms with van der Waals surface area (Å²) in [5.74, 6) is 0.808. The van der Waals surface area contributed by atoms with E-state index in [4.69, 9.17) is 16.3 Å². The predicted octanol–water partition coefficient (Wildman–Crippen LogP) is 5.74. The van der Waals surface area contributed by atoms with Crippen molar-refractivity contribution < 1.29 is 9.53 Å². The number of benzene rings is 1. The largest absolute Gasteiger partial charge is 0.444 e. The zero-order valence-corrected chi connectivity index (χ0v) is 20.1. The standard InChI is InChI=1S/C25H29ClN4O3/c1-15-13-18(28-22-21-17(14-20(26)29-22)7-10-27-23(21)31)5-6-19(15)16-8-11-30(12-9-16)24(32)33-25(2,3)4/h5-7,10,13-14,16H,8-9,11-12H2,1-4H3,(H,27,31)(H,28,29). The van der Waals surface area contributed by atoms with Crippen molar-refractivity contribution in [3.05, 3.63) is 63.2 Å². The molecule has 0 saturated carbocycles. The number of aromatic nitrogens is 2. The van der Waals surface area contributed by atoms with Gasteiger partial charge in [-0.3, -0.25) is 4.79 Å². The van der Waals surface area contributed by atoms with Gasteiger partial charge in [-0.05, 0) is 87.2 Å². The van der Waals surface area contributed by atoms with Gasteiger partial charge in [0.2, 0.25) is 0 Å². The highest BCUT2D eigenvalue weighted by Gasteiger charge is 2.28. The van der Waals surface area contributed by atoms with E-state index >= 15 is 0 Å². The number of anilines is 2. The first-order chi connectivity index (χ1) is 15.6. The Hall–Kier alpha value is -3.06. The third kappa shape index (κ3) is 5.30. The molecular weight excluding hydrogens is 440 g/mol. The molecule has 0 bridgehead atoms. The number of piperidine rings is 1. The molecule has 0 unspecified atom stereocenters. The van der Waals surface area contributed by atoms with Crippen LogP contribution in [-0.4, -0.2) is 39.7 Å². The summed E-state index contributed by atoms with van der Waals surface area (Å²) in [6, 6.07) is 9.64. The molecule has 2 N–H and O–H groups in total. The summed E-state index contributed by atoms with van der Waals surface area (Å²) < 4.78 is 5.50. The second-order valence-electron chi connectivity index (χ2n) is 9.50. The molecular formula is C25H29ClN4O3. The number of pyridine rings is 2. The Morgan fingerprint density at radius 1 is 1.21 bits per heavy atom. The number of carbonyl (C=O) groups is 1. The maximum Gasteiger partial charge on any atom is 0.410 e. The number of likely N-dealkylation sites (tertiary alicyclic amines) is 1. The summed E-state index contributed by atoms with van der Waals surface area (Å²) in [4.78, 5) is 33.5. The minimum absolute atomic E-state index is 0.218. The number of aromatic amines is 1. The Kier molecular flexibility index (Phi) is 6.34. The van der Waals surface area contributed by atoms with E-state index in [0.29, 0.717) is 35.4 Å². The number of aryl methyl sites for hydroxylation is 1. The zero-order chi connectivity index (χ0) is 23.8. The molecule has 1 amide bonds. The molecule has 2 aromatic heterocycles. The molecule has 1 aromatic carbocycles. The zero-order valence-electron chi connectivity index (χ0n) is 19.4. The average molecular weight is 469 g/mol. The third-order valence-corrected chi connectivity index (χ3v) is 6.04. The first-order valence-electron chi connectivity index (χ1n) is 11.1. The lowest BCUT2D eigenvalue weighted by Crippen LogP contribution is -2.41. The Balaban J connectivity index is 1.49. The first-order valence-corrected chi connectivity index (χ1v) is 11.5. The highest BCUT2D eigenvalue weighted by atomic mass is 35.5. The average Bonchev–Trinajstić information content (AvgIpc) is 2.72. The number of fused-ring (bicyclic) bond motifs is 1. The number of nitrogens with zero attached hydrogens (tertiary/aromatic N) is 2. The highest BCUT2D eigenvalue weighted by Crippen LogP contribution is 2.33. The molecule has 1 fully saturated rings. The molecule has 4 rings (SSSR count). The SMILES string of the molecule is Cc1cc(Nc2nc(Cl)cc3cc[nH]c(=O)c23)ccc1C1CCN(C(=O)OC(C)(C)C)CC1. The number of hydrogen-bond acceptors (Lipinski definition) is 5. The van der Waals surface area contributed by atoms with Crippen molar-refractivity contribution in [2.45, 2.75) is 52.1 Å². The maximum atomic E-state index is 12.4. The van der Waals surface area contributed by atoms with Crippen LogP contribution in [-0.2, 0) is 4.74 Å². The molecule has 3 aromatic rings. The van der Waals surface area contributed by atoms with Crippen molar-refractivity contribution in [3.63, 3.8) is 0 Å². The summed E-state index contributed by atoms with van der Waals surface area (Å²) in [5, 5.41) is 4.78. The molecule has 0 radical (unpaired) electrons. The normalized spacial score (nSPS) is 15.0. The van der Waals surface area contributed by atoms with Crippen molar-refractivity contribution in [1.82, 2.24) is 14.9 Å². The predicted molar refractivity (Wildman–Crippen MR) is 132 cm³/mol. The molecule has 174 valence electrons. The van der Waals surface area contributed by atoms with Crippen LogP contribution in [0.15, 0.2) is 41.3 Å². The summed E-state index contributed by atoms with van der Waals surface area (Å²) >= 11 is 6.17. The number of rotatable bonds is 3. The van der Waals surface area contributed by atoms with Crippen LogP contribution in [0.3, 0.4) is 0 Å². The van der Waals surface area contributed by atoms with Gasteiger partial charge in [-0.2, -0.15) is 0 Å². The van der Waals surface area contributed by atoms with E-state index in [-0.39, 0.29) is 11.7 Å². The third-order valence-electron chi connectivity index (χ3n) is 5.84. The minimum atomic E-state index is -0.485. The van der Waals surface area contributed by atoms with Crippen LogP contribution in [0.4, 0.5) is 16.3 Å². The van der Waals surface area contributed by atoms with Gasteiger partial charge in [-0.1, -0.05) is 17.7 Å². The number of carbonyl (C=O) groups excluding carboxylic acids is 1. The number of halogens is 1. The van der Waals surface area contributed by atoms with Gasteiger partial charge in [0.25, 0.3) is 5.56 Å². The van der Waals surface area contributed by atoms with Crippen LogP contribution < -0.4 is 10.9 Å². The van der Waals surface area contributed by atoms with Gasteiger partial charge in [0, 0.05) is 25.0 Å². The van der Waals surface area contributed by atoms with Gasteiger partial charge in [-0.25, -0.2) is 9.78 Å². The van der Waals surface area contributed by atoms with E-state index in [0.717, 1.165) is 29.5 Å². The van der Waals surface area contributed by atoms with E-state index in [9.17, 15) is 9.59 Å². The lowest BCUT2D eigenvalue weighted by molar-refractivity contribution is 0.0205. The number of hydrogen-bond donors (Lipinski definition) is 2. The Morgan fingerprint density at radius 3 is 2.61 bits per heavy atom. The summed E-state index contributed by atoms with van der Waals surface area (Å²) in [6.45, 7) is 9.09. The molecule has 1 aliphatic rings. The fourth-order valence-electron chi connectivity index (χ4n) is 4.32. The highest BCUT2D eigenvalue weighted by molar-refractivity contribution is 6.30. The summed E-state index contributed by atoms with van der Waals surface area (Å²) in [6.07, 6.45) is 3.14. The Bertz CT molecular complexity index is 1240. The van der Waals surface area contributed by atoms with Crippen molar-refractivity contribution in [3.8, 4) is 0 Å². The van der Waals surface area contributed by atoms with Crippen LogP contribution in [0, 0.1) is 6.92 Å².